The lowest BCUT2D eigenvalue weighted by Crippen LogP contribution is -2.03. The molecule has 2 aromatic heterocycles. The number of benzene rings is 1. The Balaban J connectivity index is 2.22. The fraction of sp³-hybridized carbons (Fsp3) is 0.154. The van der Waals surface area contributed by atoms with Gasteiger partial charge >= 0.3 is 0 Å². The fourth-order valence-corrected chi connectivity index (χ4v) is 2.07. The van der Waals surface area contributed by atoms with Gasteiger partial charge in [-0.3, -0.25) is 0 Å². The molecule has 90 valence electrons. The molecule has 0 amide bonds. The number of aromatic nitrogens is 4. The van der Waals surface area contributed by atoms with Crippen molar-refractivity contribution in [3.05, 3.63) is 47.5 Å². The normalized spacial score (nSPS) is 11.0. The van der Waals surface area contributed by atoms with E-state index in [2.05, 4.69) is 15.1 Å². The summed E-state index contributed by atoms with van der Waals surface area (Å²) in [6.07, 6.45) is 2.56. The molecule has 0 spiro atoms. The van der Waals surface area contributed by atoms with E-state index in [1.807, 2.05) is 37.4 Å². The highest BCUT2D eigenvalue weighted by molar-refractivity contribution is 6.29. The topological polar surface area (TPSA) is 43.6 Å². The van der Waals surface area contributed by atoms with Gasteiger partial charge in [0.25, 0.3) is 0 Å². The van der Waals surface area contributed by atoms with E-state index >= 15 is 0 Å². The monoisotopic (exact) mass is 258 g/mol. The number of halogens is 1. The van der Waals surface area contributed by atoms with Gasteiger partial charge in [0.2, 0.25) is 0 Å². The van der Waals surface area contributed by atoms with Crippen molar-refractivity contribution < 1.29 is 0 Å². The Bertz CT molecular complexity index is 705. The molecule has 0 fully saturated rings. The van der Waals surface area contributed by atoms with Gasteiger partial charge < -0.3 is 0 Å². The van der Waals surface area contributed by atoms with Crippen LogP contribution in [0.1, 0.15) is 12.7 Å². The van der Waals surface area contributed by atoms with Crippen LogP contribution < -0.4 is 0 Å². The van der Waals surface area contributed by atoms with Crippen LogP contribution in [0.2, 0.25) is 5.15 Å². The summed E-state index contributed by atoms with van der Waals surface area (Å²) in [6, 6.07) is 9.70. The number of hydrogen-bond acceptors (Lipinski definition) is 3. The van der Waals surface area contributed by atoms with Crippen LogP contribution in [0, 0.1) is 0 Å². The number of nitrogens with zero attached hydrogens (tertiary/aromatic N) is 4. The predicted molar refractivity (Wildman–Crippen MR) is 71.0 cm³/mol. The molecular weight excluding hydrogens is 248 g/mol. The van der Waals surface area contributed by atoms with Crippen LogP contribution in [0.4, 0.5) is 0 Å². The minimum Gasteiger partial charge on any atom is -0.221 e. The maximum atomic E-state index is 6.00. The zero-order valence-corrected chi connectivity index (χ0v) is 10.6. The summed E-state index contributed by atoms with van der Waals surface area (Å²) in [5.74, 6) is 1.42. The number of aryl methyl sites for hydroxylation is 1. The van der Waals surface area contributed by atoms with Crippen molar-refractivity contribution >= 4 is 22.5 Å². The van der Waals surface area contributed by atoms with Crippen LogP contribution in [0.15, 0.2) is 36.5 Å². The Morgan fingerprint density at radius 2 is 2.06 bits per heavy atom. The first kappa shape index (κ1) is 11.2. The molecule has 0 bridgehead atoms. The Labute approximate surface area is 109 Å². The van der Waals surface area contributed by atoms with Gasteiger partial charge in [-0.1, -0.05) is 36.7 Å². The molecule has 0 unspecified atom stereocenters. The number of rotatable bonds is 2. The van der Waals surface area contributed by atoms with Crippen molar-refractivity contribution in [3.63, 3.8) is 0 Å². The Morgan fingerprint density at radius 3 is 2.89 bits per heavy atom. The zero-order chi connectivity index (χ0) is 12.5. The van der Waals surface area contributed by atoms with Crippen LogP contribution >= 0.6 is 11.6 Å². The van der Waals surface area contributed by atoms with E-state index in [-0.39, 0.29) is 0 Å². The van der Waals surface area contributed by atoms with E-state index in [1.165, 1.54) is 0 Å². The first-order chi connectivity index (χ1) is 8.78. The SMILES string of the molecule is CCc1nc(Cl)cc(-n2ncc3ccccc32)n1. The van der Waals surface area contributed by atoms with Gasteiger partial charge in [0, 0.05) is 17.9 Å². The number of hydrogen-bond donors (Lipinski definition) is 0. The summed E-state index contributed by atoms with van der Waals surface area (Å²) in [7, 11) is 0. The third kappa shape index (κ3) is 1.84. The molecule has 0 atom stereocenters. The van der Waals surface area contributed by atoms with Crippen molar-refractivity contribution in [1.29, 1.82) is 0 Å². The second-order valence-corrected chi connectivity index (χ2v) is 4.32. The largest absolute Gasteiger partial charge is 0.221 e. The minimum atomic E-state index is 0.441. The third-order valence-corrected chi connectivity index (χ3v) is 2.93. The molecule has 0 aliphatic carbocycles. The quantitative estimate of drug-likeness (QED) is 0.664. The van der Waals surface area contributed by atoms with Gasteiger partial charge in [-0.05, 0) is 6.07 Å². The first-order valence-corrected chi connectivity index (χ1v) is 6.12. The van der Waals surface area contributed by atoms with Crippen LogP contribution in [0.5, 0.6) is 0 Å². The van der Waals surface area contributed by atoms with E-state index < -0.39 is 0 Å². The van der Waals surface area contributed by atoms with Gasteiger partial charge in [0.15, 0.2) is 5.82 Å². The molecule has 0 radical (unpaired) electrons. The lowest BCUT2D eigenvalue weighted by molar-refractivity contribution is 0.833. The van der Waals surface area contributed by atoms with Gasteiger partial charge in [-0.15, -0.1) is 0 Å². The van der Waals surface area contributed by atoms with Gasteiger partial charge in [0.1, 0.15) is 11.0 Å². The summed E-state index contributed by atoms with van der Waals surface area (Å²) in [6.45, 7) is 2.00. The highest BCUT2D eigenvalue weighted by Crippen LogP contribution is 2.18. The second-order valence-electron chi connectivity index (χ2n) is 3.93. The zero-order valence-electron chi connectivity index (χ0n) is 9.84. The van der Waals surface area contributed by atoms with Crippen molar-refractivity contribution in [3.8, 4) is 5.82 Å². The molecule has 3 rings (SSSR count). The average molecular weight is 259 g/mol. The molecule has 3 aromatic rings. The van der Waals surface area contributed by atoms with Crippen LogP contribution in [-0.4, -0.2) is 19.7 Å². The number of para-hydroxylation sites is 1. The Morgan fingerprint density at radius 1 is 1.22 bits per heavy atom. The molecule has 18 heavy (non-hydrogen) atoms. The molecule has 2 heterocycles. The highest BCUT2D eigenvalue weighted by atomic mass is 35.5. The molecule has 0 saturated carbocycles. The van der Waals surface area contributed by atoms with Crippen molar-refractivity contribution in [2.75, 3.05) is 0 Å². The summed E-state index contributed by atoms with van der Waals surface area (Å²) >= 11 is 6.00. The molecule has 1 aromatic carbocycles. The molecule has 0 N–H and O–H groups in total. The summed E-state index contributed by atoms with van der Waals surface area (Å²) in [4.78, 5) is 8.61. The summed E-state index contributed by atoms with van der Waals surface area (Å²) in [5.41, 5.74) is 1.01. The summed E-state index contributed by atoms with van der Waals surface area (Å²) in [5, 5.41) is 5.87. The van der Waals surface area contributed by atoms with E-state index in [0.29, 0.717) is 11.0 Å². The molecule has 4 nitrogen and oxygen atoms in total. The molecule has 0 aliphatic rings. The molecule has 0 saturated heterocycles. The molecule has 5 heteroatoms. The maximum Gasteiger partial charge on any atom is 0.159 e. The van der Waals surface area contributed by atoms with Crippen molar-refractivity contribution in [2.45, 2.75) is 13.3 Å². The predicted octanol–water partition coefficient (Wildman–Crippen LogP) is 3.03. The van der Waals surface area contributed by atoms with E-state index in [4.69, 9.17) is 11.6 Å². The summed E-state index contributed by atoms with van der Waals surface area (Å²) < 4.78 is 1.78. The van der Waals surface area contributed by atoms with Gasteiger partial charge in [-0.2, -0.15) is 5.10 Å². The van der Waals surface area contributed by atoms with Gasteiger partial charge in [-0.25, -0.2) is 14.6 Å². The third-order valence-electron chi connectivity index (χ3n) is 2.74. The van der Waals surface area contributed by atoms with Crippen LogP contribution in [-0.2, 0) is 6.42 Å². The lowest BCUT2D eigenvalue weighted by Gasteiger charge is -2.05. The standard InChI is InChI=1S/C13H11ClN4/c1-2-12-16-11(14)7-13(17-12)18-10-6-4-3-5-9(10)8-15-18/h3-8H,2H2,1H3. The van der Waals surface area contributed by atoms with E-state index in [1.54, 1.807) is 10.7 Å². The van der Waals surface area contributed by atoms with E-state index in [9.17, 15) is 0 Å². The minimum absolute atomic E-state index is 0.441. The lowest BCUT2D eigenvalue weighted by atomic mass is 10.2. The second kappa shape index (κ2) is 4.38. The Hall–Kier alpha value is -1.94. The van der Waals surface area contributed by atoms with Gasteiger partial charge in [0.05, 0.1) is 11.7 Å². The Kier molecular flexibility index (Phi) is 2.72. The molecule has 0 aliphatic heterocycles. The van der Waals surface area contributed by atoms with Crippen molar-refractivity contribution in [2.24, 2.45) is 0 Å². The smallest absolute Gasteiger partial charge is 0.159 e. The first-order valence-electron chi connectivity index (χ1n) is 5.74. The average Bonchev–Trinajstić information content (AvgIpc) is 2.81. The fourth-order valence-electron chi connectivity index (χ4n) is 1.87. The number of fused-ring (bicyclic) bond motifs is 1. The van der Waals surface area contributed by atoms with Crippen LogP contribution in [0.25, 0.3) is 16.7 Å². The highest BCUT2D eigenvalue weighted by Gasteiger charge is 2.08. The van der Waals surface area contributed by atoms with E-state index in [0.717, 1.165) is 23.1 Å². The van der Waals surface area contributed by atoms with Crippen LogP contribution in [0.3, 0.4) is 0 Å². The molecular formula is C13H11ClN4. The maximum absolute atomic E-state index is 6.00. The van der Waals surface area contributed by atoms with Crippen molar-refractivity contribution in [1.82, 2.24) is 19.7 Å².